The Morgan fingerprint density at radius 1 is 1.16 bits per heavy atom. The highest BCUT2D eigenvalue weighted by Gasteiger charge is 2.14. The maximum absolute atomic E-state index is 6.37. The SMILES string of the molecule is CCc1nnc(C)cc1C(N)Cc1ccccc1C. The van der Waals surface area contributed by atoms with Gasteiger partial charge < -0.3 is 5.73 Å². The van der Waals surface area contributed by atoms with Crippen LogP contribution in [0.25, 0.3) is 0 Å². The number of rotatable bonds is 4. The van der Waals surface area contributed by atoms with Gasteiger partial charge in [0, 0.05) is 6.04 Å². The van der Waals surface area contributed by atoms with Gasteiger partial charge in [0.15, 0.2) is 0 Å². The van der Waals surface area contributed by atoms with Crippen LogP contribution in [0.1, 0.15) is 41.0 Å². The predicted molar refractivity (Wildman–Crippen MR) is 78.0 cm³/mol. The van der Waals surface area contributed by atoms with Crippen LogP contribution in [0, 0.1) is 13.8 Å². The monoisotopic (exact) mass is 255 g/mol. The molecule has 0 fully saturated rings. The third-order valence-electron chi connectivity index (χ3n) is 3.46. The van der Waals surface area contributed by atoms with Crippen molar-refractivity contribution in [2.75, 3.05) is 0 Å². The van der Waals surface area contributed by atoms with E-state index in [9.17, 15) is 0 Å². The van der Waals surface area contributed by atoms with Crippen molar-refractivity contribution < 1.29 is 0 Å². The molecule has 0 aliphatic carbocycles. The Hall–Kier alpha value is -1.74. The second kappa shape index (κ2) is 5.93. The second-order valence-electron chi connectivity index (χ2n) is 4.98. The summed E-state index contributed by atoms with van der Waals surface area (Å²) in [7, 11) is 0. The van der Waals surface area contributed by atoms with Crippen LogP contribution < -0.4 is 5.73 Å². The molecule has 0 aliphatic heterocycles. The Bertz CT molecular complexity index is 564. The lowest BCUT2D eigenvalue weighted by Crippen LogP contribution is -2.17. The maximum atomic E-state index is 6.37. The van der Waals surface area contributed by atoms with Crippen molar-refractivity contribution in [3.63, 3.8) is 0 Å². The molecule has 2 rings (SSSR count). The molecule has 0 saturated carbocycles. The lowest BCUT2D eigenvalue weighted by molar-refractivity contribution is 0.689. The molecule has 1 atom stereocenters. The van der Waals surface area contributed by atoms with E-state index in [1.165, 1.54) is 11.1 Å². The number of hydrogen-bond donors (Lipinski definition) is 1. The molecule has 1 aromatic carbocycles. The van der Waals surface area contributed by atoms with Crippen molar-refractivity contribution in [2.45, 2.75) is 39.7 Å². The van der Waals surface area contributed by atoms with Gasteiger partial charge in [-0.1, -0.05) is 31.2 Å². The van der Waals surface area contributed by atoms with Gasteiger partial charge in [0.25, 0.3) is 0 Å². The van der Waals surface area contributed by atoms with Crippen molar-refractivity contribution in [1.29, 1.82) is 0 Å². The molecule has 100 valence electrons. The molecule has 2 N–H and O–H groups in total. The van der Waals surface area contributed by atoms with Crippen LogP contribution in [0.2, 0.25) is 0 Å². The van der Waals surface area contributed by atoms with Gasteiger partial charge in [0.05, 0.1) is 11.4 Å². The van der Waals surface area contributed by atoms with Gasteiger partial charge in [-0.2, -0.15) is 10.2 Å². The molecule has 3 heteroatoms. The normalized spacial score (nSPS) is 12.4. The van der Waals surface area contributed by atoms with Crippen LogP contribution in [0.15, 0.2) is 30.3 Å². The molecule has 19 heavy (non-hydrogen) atoms. The van der Waals surface area contributed by atoms with E-state index in [0.29, 0.717) is 0 Å². The van der Waals surface area contributed by atoms with Gasteiger partial charge in [-0.3, -0.25) is 0 Å². The first-order valence-corrected chi connectivity index (χ1v) is 6.75. The summed E-state index contributed by atoms with van der Waals surface area (Å²) in [4.78, 5) is 0. The zero-order chi connectivity index (χ0) is 13.8. The molecule has 0 saturated heterocycles. The molecule has 1 unspecified atom stereocenters. The summed E-state index contributed by atoms with van der Waals surface area (Å²) in [6, 6.07) is 10.4. The highest BCUT2D eigenvalue weighted by atomic mass is 15.1. The Morgan fingerprint density at radius 3 is 2.58 bits per heavy atom. The summed E-state index contributed by atoms with van der Waals surface area (Å²) in [6.07, 6.45) is 1.70. The summed E-state index contributed by atoms with van der Waals surface area (Å²) in [5.74, 6) is 0. The Labute approximate surface area is 114 Å². The van der Waals surface area contributed by atoms with Crippen LogP contribution in [0.5, 0.6) is 0 Å². The number of benzene rings is 1. The summed E-state index contributed by atoms with van der Waals surface area (Å²) in [6.45, 7) is 6.17. The molecule has 0 aliphatic rings. The van der Waals surface area contributed by atoms with Gasteiger partial charge in [0.1, 0.15) is 0 Å². The quantitative estimate of drug-likeness (QED) is 0.914. The van der Waals surface area contributed by atoms with Gasteiger partial charge in [0.2, 0.25) is 0 Å². The van der Waals surface area contributed by atoms with Crippen LogP contribution in [-0.2, 0) is 12.8 Å². The largest absolute Gasteiger partial charge is 0.324 e. The molecule has 0 bridgehead atoms. The Morgan fingerprint density at radius 2 is 1.89 bits per heavy atom. The minimum Gasteiger partial charge on any atom is -0.324 e. The molecule has 3 nitrogen and oxygen atoms in total. The predicted octanol–water partition coefficient (Wildman–Crippen LogP) is 2.90. The number of aromatic nitrogens is 2. The fourth-order valence-electron chi connectivity index (χ4n) is 2.32. The topological polar surface area (TPSA) is 51.8 Å². The van der Waals surface area contributed by atoms with E-state index < -0.39 is 0 Å². The smallest absolute Gasteiger partial charge is 0.0676 e. The summed E-state index contributed by atoms with van der Waals surface area (Å²) in [5, 5.41) is 8.36. The first-order chi connectivity index (χ1) is 9.11. The van der Waals surface area contributed by atoms with Crippen molar-refractivity contribution in [1.82, 2.24) is 10.2 Å². The van der Waals surface area contributed by atoms with Crippen molar-refractivity contribution in [3.05, 3.63) is 58.4 Å². The summed E-state index contributed by atoms with van der Waals surface area (Å²) in [5.41, 5.74) is 12.0. The average molecular weight is 255 g/mol. The molecular formula is C16H21N3. The molecular weight excluding hydrogens is 234 g/mol. The van der Waals surface area contributed by atoms with E-state index in [1.54, 1.807) is 0 Å². The number of nitrogens with zero attached hydrogens (tertiary/aromatic N) is 2. The number of nitrogens with two attached hydrogens (primary N) is 1. The number of hydrogen-bond acceptors (Lipinski definition) is 3. The average Bonchev–Trinajstić information content (AvgIpc) is 2.41. The Balaban J connectivity index is 2.27. The number of aryl methyl sites for hydroxylation is 3. The van der Waals surface area contributed by atoms with Crippen LogP contribution >= 0.6 is 0 Å². The summed E-state index contributed by atoms with van der Waals surface area (Å²) >= 11 is 0. The van der Waals surface area contributed by atoms with E-state index >= 15 is 0 Å². The zero-order valence-corrected chi connectivity index (χ0v) is 11.9. The highest BCUT2D eigenvalue weighted by Crippen LogP contribution is 2.21. The molecule has 0 amide bonds. The van der Waals surface area contributed by atoms with Crippen molar-refractivity contribution >= 4 is 0 Å². The molecule has 1 aromatic heterocycles. The molecule has 1 heterocycles. The molecule has 2 aromatic rings. The van der Waals surface area contributed by atoms with E-state index in [-0.39, 0.29) is 6.04 Å². The van der Waals surface area contributed by atoms with Gasteiger partial charge in [-0.25, -0.2) is 0 Å². The van der Waals surface area contributed by atoms with Gasteiger partial charge in [-0.05, 0) is 49.4 Å². The molecule has 0 spiro atoms. The Kier molecular flexibility index (Phi) is 4.27. The first-order valence-electron chi connectivity index (χ1n) is 6.75. The van der Waals surface area contributed by atoms with Gasteiger partial charge in [-0.15, -0.1) is 0 Å². The standard InChI is InChI=1S/C16H21N3/c1-4-16-14(9-12(3)18-19-16)15(17)10-13-8-6-5-7-11(13)2/h5-9,15H,4,10,17H2,1-3H3. The van der Waals surface area contributed by atoms with Crippen molar-refractivity contribution in [2.24, 2.45) is 5.73 Å². The second-order valence-corrected chi connectivity index (χ2v) is 4.98. The zero-order valence-electron chi connectivity index (χ0n) is 11.9. The minimum atomic E-state index is -0.0229. The van der Waals surface area contributed by atoms with E-state index in [4.69, 9.17) is 5.73 Å². The van der Waals surface area contributed by atoms with Crippen LogP contribution in [0.3, 0.4) is 0 Å². The van der Waals surface area contributed by atoms with Crippen LogP contribution in [-0.4, -0.2) is 10.2 Å². The third kappa shape index (κ3) is 3.18. The fraction of sp³-hybridized carbons (Fsp3) is 0.375. The van der Waals surface area contributed by atoms with Crippen molar-refractivity contribution in [3.8, 4) is 0 Å². The lowest BCUT2D eigenvalue weighted by atomic mass is 9.95. The first kappa shape index (κ1) is 13.7. The lowest BCUT2D eigenvalue weighted by Gasteiger charge is -2.16. The van der Waals surface area contributed by atoms with E-state index in [0.717, 1.165) is 29.8 Å². The summed E-state index contributed by atoms with van der Waals surface area (Å²) < 4.78 is 0. The van der Waals surface area contributed by atoms with Crippen LogP contribution in [0.4, 0.5) is 0 Å². The van der Waals surface area contributed by atoms with Gasteiger partial charge >= 0.3 is 0 Å². The maximum Gasteiger partial charge on any atom is 0.0676 e. The van der Waals surface area contributed by atoms with E-state index in [2.05, 4.69) is 54.4 Å². The molecule has 0 radical (unpaired) electrons. The van der Waals surface area contributed by atoms with E-state index in [1.807, 2.05) is 6.92 Å². The third-order valence-corrected chi connectivity index (χ3v) is 3.46. The fourth-order valence-corrected chi connectivity index (χ4v) is 2.32. The highest BCUT2D eigenvalue weighted by molar-refractivity contribution is 5.31. The minimum absolute atomic E-state index is 0.0229.